The van der Waals surface area contributed by atoms with E-state index in [-0.39, 0.29) is 35.9 Å². The molecule has 0 amide bonds. The first-order valence-electron chi connectivity index (χ1n) is 8.92. The summed E-state index contributed by atoms with van der Waals surface area (Å²) in [5, 5.41) is 3.63. The highest BCUT2D eigenvalue weighted by Crippen LogP contribution is 2.34. The van der Waals surface area contributed by atoms with Gasteiger partial charge in [0.1, 0.15) is 0 Å². The zero-order valence-electron chi connectivity index (χ0n) is 14.7. The highest BCUT2D eigenvalue weighted by Gasteiger charge is 2.38. The number of piperidine rings is 1. The maximum absolute atomic E-state index is 11.8. The predicted octanol–water partition coefficient (Wildman–Crippen LogP) is 3.03. The van der Waals surface area contributed by atoms with E-state index in [0.717, 1.165) is 44.4 Å². The van der Waals surface area contributed by atoms with Gasteiger partial charge in [-0.1, -0.05) is 13.3 Å². The summed E-state index contributed by atoms with van der Waals surface area (Å²) >= 11 is 0. The number of halogens is 1. The summed E-state index contributed by atoms with van der Waals surface area (Å²) < 4.78 is 5.14. The zero-order valence-corrected chi connectivity index (χ0v) is 17.0. The van der Waals surface area contributed by atoms with Gasteiger partial charge in [-0.05, 0) is 45.4 Å². The first kappa shape index (κ1) is 20.5. The molecule has 0 spiro atoms. The summed E-state index contributed by atoms with van der Waals surface area (Å²) in [6.07, 6.45) is 5.57. The van der Waals surface area contributed by atoms with Crippen molar-refractivity contribution in [2.24, 2.45) is 16.8 Å². The maximum Gasteiger partial charge on any atom is 0.309 e. The molecular weight excluding hydrogens is 405 g/mol. The van der Waals surface area contributed by atoms with E-state index in [1.165, 1.54) is 19.3 Å². The van der Waals surface area contributed by atoms with Crippen LogP contribution in [0.1, 0.15) is 52.9 Å². The van der Waals surface area contributed by atoms with Gasteiger partial charge in [0, 0.05) is 25.7 Å². The van der Waals surface area contributed by atoms with E-state index >= 15 is 0 Å². The number of hydrogen-bond acceptors (Lipinski definition) is 3. The van der Waals surface area contributed by atoms with Crippen LogP contribution in [-0.2, 0) is 9.53 Å². The van der Waals surface area contributed by atoms with Crippen LogP contribution < -0.4 is 5.32 Å². The Balaban J connectivity index is 0.00000264. The number of nitrogens with one attached hydrogen (secondary N) is 1. The van der Waals surface area contributed by atoms with Crippen LogP contribution in [0.2, 0.25) is 0 Å². The minimum absolute atomic E-state index is 0. The Labute approximate surface area is 157 Å². The second-order valence-corrected chi connectivity index (χ2v) is 6.35. The van der Waals surface area contributed by atoms with Gasteiger partial charge in [-0.15, -0.1) is 24.0 Å². The van der Waals surface area contributed by atoms with E-state index in [1.807, 2.05) is 6.92 Å². The normalized spacial score (nSPS) is 24.8. The van der Waals surface area contributed by atoms with E-state index in [1.54, 1.807) is 0 Å². The fourth-order valence-electron chi connectivity index (χ4n) is 3.25. The van der Waals surface area contributed by atoms with Gasteiger partial charge in [-0.3, -0.25) is 9.79 Å². The van der Waals surface area contributed by atoms with Crippen molar-refractivity contribution in [3.8, 4) is 0 Å². The fraction of sp³-hybridized carbons (Fsp3) is 0.882. The van der Waals surface area contributed by atoms with Crippen LogP contribution >= 0.6 is 24.0 Å². The Hall–Kier alpha value is -0.530. The molecule has 2 rings (SSSR count). The van der Waals surface area contributed by atoms with Crippen LogP contribution in [0.3, 0.4) is 0 Å². The molecule has 0 aromatic carbocycles. The van der Waals surface area contributed by atoms with Crippen molar-refractivity contribution < 1.29 is 9.53 Å². The lowest BCUT2D eigenvalue weighted by Gasteiger charge is -2.33. The summed E-state index contributed by atoms with van der Waals surface area (Å²) in [4.78, 5) is 18.8. The van der Waals surface area contributed by atoms with Crippen molar-refractivity contribution in [1.29, 1.82) is 0 Å². The Bertz CT molecular complexity index is 395. The first-order valence-corrected chi connectivity index (χ1v) is 8.92. The third-order valence-corrected chi connectivity index (χ3v) is 4.62. The molecule has 134 valence electrons. The molecule has 2 atom stereocenters. The van der Waals surface area contributed by atoms with E-state index in [0.29, 0.717) is 12.6 Å². The van der Waals surface area contributed by atoms with Gasteiger partial charge in [-0.25, -0.2) is 0 Å². The number of ether oxygens (including phenoxy) is 1. The van der Waals surface area contributed by atoms with Crippen LogP contribution in [0, 0.1) is 11.8 Å². The number of aliphatic imine (C=N–C) groups is 1. The smallest absolute Gasteiger partial charge is 0.309 e. The van der Waals surface area contributed by atoms with Crippen molar-refractivity contribution in [3.05, 3.63) is 0 Å². The number of esters is 1. The monoisotopic (exact) mass is 437 g/mol. The van der Waals surface area contributed by atoms with E-state index in [2.05, 4.69) is 29.1 Å². The third kappa shape index (κ3) is 6.12. The lowest BCUT2D eigenvalue weighted by Crippen LogP contribution is -2.47. The summed E-state index contributed by atoms with van der Waals surface area (Å²) in [7, 11) is 0. The SMILES string of the molecule is CCCC1CC1NC(=NCC)N1CCC(C(=O)OCC)CC1.I. The molecule has 1 aliphatic heterocycles. The summed E-state index contributed by atoms with van der Waals surface area (Å²) in [5.41, 5.74) is 0. The molecule has 1 saturated heterocycles. The van der Waals surface area contributed by atoms with Crippen LogP contribution in [0.5, 0.6) is 0 Å². The Morgan fingerprint density at radius 2 is 1.96 bits per heavy atom. The number of hydrogen-bond donors (Lipinski definition) is 1. The number of carbonyl (C=O) groups is 1. The van der Waals surface area contributed by atoms with Gasteiger partial charge in [0.15, 0.2) is 5.96 Å². The van der Waals surface area contributed by atoms with Gasteiger partial charge in [0.05, 0.1) is 12.5 Å². The molecule has 0 aromatic rings. The second kappa shape index (κ2) is 10.4. The molecule has 2 fully saturated rings. The predicted molar refractivity (Wildman–Crippen MR) is 104 cm³/mol. The molecular formula is C17H32IN3O2. The van der Waals surface area contributed by atoms with Gasteiger partial charge in [0.2, 0.25) is 0 Å². The molecule has 5 nitrogen and oxygen atoms in total. The highest BCUT2D eigenvalue weighted by molar-refractivity contribution is 14.0. The standard InChI is InChI=1S/C17H31N3O2.HI/c1-4-7-14-12-15(14)19-17(18-5-2)20-10-8-13(9-11-20)16(21)22-6-3;/h13-15H,4-12H2,1-3H3,(H,18,19);1H. The lowest BCUT2D eigenvalue weighted by molar-refractivity contribution is -0.149. The van der Waals surface area contributed by atoms with Crippen LogP contribution in [0.25, 0.3) is 0 Å². The number of rotatable bonds is 6. The minimum atomic E-state index is -0.0331. The third-order valence-electron chi connectivity index (χ3n) is 4.62. The molecule has 0 bridgehead atoms. The van der Waals surface area contributed by atoms with Gasteiger partial charge in [0.25, 0.3) is 0 Å². The topological polar surface area (TPSA) is 53.9 Å². The van der Waals surface area contributed by atoms with E-state index < -0.39 is 0 Å². The second-order valence-electron chi connectivity index (χ2n) is 6.35. The molecule has 6 heteroatoms. The molecule has 1 saturated carbocycles. The molecule has 2 aliphatic rings. The summed E-state index contributed by atoms with van der Waals surface area (Å²) in [6, 6.07) is 0.605. The van der Waals surface area contributed by atoms with Crippen LogP contribution in [0.15, 0.2) is 4.99 Å². The molecule has 0 aromatic heterocycles. The molecule has 2 unspecified atom stereocenters. The Kier molecular flexibility index (Phi) is 9.24. The van der Waals surface area contributed by atoms with Gasteiger partial charge >= 0.3 is 5.97 Å². The fourth-order valence-corrected chi connectivity index (χ4v) is 3.25. The van der Waals surface area contributed by atoms with Crippen molar-refractivity contribution in [2.75, 3.05) is 26.2 Å². The zero-order chi connectivity index (χ0) is 15.9. The molecule has 23 heavy (non-hydrogen) atoms. The van der Waals surface area contributed by atoms with Crippen LogP contribution in [-0.4, -0.2) is 49.1 Å². The first-order chi connectivity index (χ1) is 10.7. The summed E-state index contributed by atoms with van der Waals surface area (Å²) in [5.74, 6) is 1.89. The highest BCUT2D eigenvalue weighted by atomic mass is 127. The average molecular weight is 437 g/mol. The van der Waals surface area contributed by atoms with E-state index in [4.69, 9.17) is 4.74 Å². The largest absolute Gasteiger partial charge is 0.466 e. The van der Waals surface area contributed by atoms with Gasteiger partial charge in [-0.2, -0.15) is 0 Å². The number of likely N-dealkylation sites (tertiary alicyclic amines) is 1. The number of nitrogens with zero attached hydrogens (tertiary/aromatic N) is 2. The molecule has 0 radical (unpaired) electrons. The summed E-state index contributed by atoms with van der Waals surface area (Å²) in [6.45, 7) is 9.24. The maximum atomic E-state index is 11.8. The van der Waals surface area contributed by atoms with Crippen molar-refractivity contribution >= 4 is 35.9 Å². The molecule has 1 heterocycles. The van der Waals surface area contributed by atoms with Crippen molar-refractivity contribution in [3.63, 3.8) is 0 Å². The van der Waals surface area contributed by atoms with Crippen molar-refractivity contribution in [2.45, 2.75) is 58.9 Å². The Morgan fingerprint density at radius 1 is 1.26 bits per heavy atom. The molecule has 1 aliphatic carbocycles. The Morgan fingerprint density at radius 3 is 2.52 bits per heavy atom. The van der Waals surface area contributed by atoms with E-state index in [9.17, 15) is 4.79 Å². The molecule has 1 N–H and O–H groups in total. The van der Waals surface area contributed by atoms with Gasteiger partial charge < -0.3 is 15.0 Å². The van der Waals surface area contributed by atoms with Crippen molar-refractivity contribution in [1.82, 2.24) is 10.2 Å². The average Bonchev–Trinajstić information content (AvgIpc) is 3.25. The quantitative estimate of drug-likeness (QED) is 0.301. The number of guanidine groups is 1. The van der Waals surface area contributed by atoms with Crippen LogP contribution in [0.4, 0.5) is 0 Å². The number of carbonyl (C=O) groups excluding carboxylic acids is 1. The lowest BCUT2D eigenvalue weighted by atomic mass is 9.97. The minimum Gasteiger partial charge on any atom is -0.466 e.